The Labute approximate surface area is 91.3 Å². The predicted octanol–water partition coefficient (Wildman–Crippen LogP) is 1.95. The van der Waals surface area contributed by atoms with Crippen molar-refractivity contribution in [1.29, 1.82) is 0 Å². The quantitative estimate of drug-likeness (QED) is 0.817. The molecule has 1 heterocycles. The monoisotopic (exact) mass is 205 g/mol. The van der Waals surface area contributed by atoms with Gasteiger partial charge in [0.05, 0.1) is 0 Å². The Morgan fingerprint density at radius 2 is 2.27 bits per heavy atom. The Bertz CT molecular complexity index is 314. The van der Waals surface area contributed by atoms with Crippen molar-refractivity contribution >= 4 is 5.82 Å². The first-order chi connectivity index (χ1) is 7.16. The summed E-state index contributed by atoms with van der Waals surface area (Å²) in [5.41, 5.74) is 6.87. The van der Waals surface area contributed by atoms with Crippen molar-refractivity contribution in [3.8, 4) is 0 Å². The lowest BCUT2D eigenvalue weighted by Gasteiger charge is -2.18. The number of pyridine rings is 1. The summed E-state index contributed by atoms with van der Waals surface area (Å²) in [7, 11) is 2.10. The van der Waals surface area contributed by atoms with Gasteiger partial charge in [0.2, 0.25) is 0 Å². The van der Waals surface area contributed by atoms with Crippen molar-refractivity contribution in [2.24, 2.45) is 11.7 Å². The van der Waals surface area contributed by atoms with Gasteiger partial charge in [0.25, 0.3) is 0 Å². The number of nitrogens with two attached hydrogens (primary N) is 1. The van der Waals surface area contributed by atoms with E-state index in [1.54, 1.807) is 0 Å². The predicted molar refractivity (Wildman–Crippen MR) is 62.8 cm³/mol. The molecule has 1 saturated carbocycles. The summed E-state index contributed by atoms with van der Waals surface area (Å²) in [6.07, 6.45) is 4.63. The number of rotatable bonds is 4. The highest BCUT2D eigenvalue weighted by atomic mass is 15.2. The first-order valence-electron chi connectivity index (χ1n) is 5.59. The largest absolute Gasteiger partial charge is 0.359 e. The molecule has 82 valence electrons. The van der Waals surface area contributed by atoms with E-state index >= 15 is 0 Å². The minimum Gasteiger partial charge on any atom is -0.359 e. The molecule has 0 aliphatic heterocycles. The van der Waals surface area contributed by atoms with Crippen LogP contribution in [0.25, 0.3) is 0 Å². The molecule has 1 aromatic heterocycles. The molecular formula is C12H19N3. The van der Waals surface area contributed by atoms with Gasteiger partial charge in [-0.05, 0) is 37.3 Å². The fourth-order valence-electron chi connectivity index (χ4n) is 1.67. The summed E-state index contributed by atoms with van der Waals surface area (Å²) in [4.78, 5) is 6.65. The van der Waals surface area contributed by atoms with Gasteiger partial charge in [0.1, 0.15) is 5.82 Å². The SMILES string of the molecule is CC(N)c1ccc(N(C)CC2CC2)nc1. The summed E-state index contributed by atoms with van der Waals surface area (Å²) in [5.74, 6) is 1.94. The molecule has 0 radical (unpaired) electrons. The molecule has 3 heteroatoms. The van der Waals surface area contributed by atoms with Gasteiger partial charge in [-0.2, -0.15) is 0 Å². The van der Waals surface area contributed by atoms with Gasteiger partial charge in [0, 0.05) is 25.8 Å². The van der Waals surface area contributed by atoms with Crippen LogP contribution in [0.2, 0.25) is 0 Å². The zero-order chi connectivity index (χ0) is 10.8. The molecule has 3 nitrogen and oxygen atoms in total. The lowest BCUT2D eigenvalue weighted by atomic mass is 10.1. The van der Waals surface area contributed by atoms with Crippen molar-refractivity contribution in [2.75, 3.05) is 18.5 Å². The van der Waals surface area contributed by atoms with Crippen LogP contribution in [0.1, 0.15) is 31.4 Å². The van der Waals surface area contributed by atoms with Gasteiger partial charge < -0.3 is 10.6 Å². The van der Waals surface area contributed by atoms with E-state index in [0.29, 0.717) is 0 Å². The number of aromatic nitrogens is 1. The molecule has 2 rings (SSSR count). The van der Waals surface area contributed by atoms with Crippen LogP contribution >= 0.6 is 0 Å². The summed E-state index contributed by atoms with van der Waals surface area (Å²) in [6.45, 7) is 3.11. The molecule has 0 amide bonds. The van der Waals surface area contributed by atoms with Gasteiger partial charge in [-0.25, -0.2) is 4.98 Å². The van der Waals surface area contributed by atoms with E-state index in [9.17, 15) is 0 Å². The van der Waals surface area contributed by atoms with Gasteiger partial charge in [0.15, 0.2) is 0 Å². The summed E-state index contributed by atoms with van der Waals surface area (Å²) in [6, 6.07) is 4.19. The molecule has 1 aliphatic carbocycles. The maximum absolute atomic E-state index is 5.78. The minimum atomic E-state index is 0.0697. The van der Waals surface area contributed by atoms with Crippen LogP contribution in [0, 0.1) is 5.92 Å². The van der Waals surface area contributed by atoms with E-state index in [4.69, 9.17) is 5.73 Å². The minimum absolute atomic E-state index is 0.0697. The lowest BCUT2D eigenvalue weighted by Crippen LogP contribution is -2.21. The number of anilines is 1. The van der Waals surface area contributed by atoms with E-state index in [2.05, 4.69) is 29.1 Å². The molecule has 1 aromatic rings. The van der Waals surface area contributed by atoms with Crippen molar-refractivity contribution in [3.05, 3.63) is 23.9 Å². The highest BCUT2D eigenvalue weighted by Gasteiger charge is 2.23. The number of nitrogens with zero attached hydrogens (tertiary/aromatic N) is 2. The van der Waals surface area contributed by atoms with Crippen molar-refractivity contribution in [3.63, 3.8) is 0 Å². The smallest absolute Gasteiger partial charge is 0.128 e. The van der Waals surface area contributed by atoms with E-state index in [0.717, 1.165) is 23.8 Å². The lowest BCUT2D eigenvalue weighted by molar-refractivity contribution is 0.771. The molecular weight excluding hydrogens is 186 g/mol. The Morgan fingerprint density at radius 1 is 1.53 bits per heavy atom. The first-order valence-corrected chi connectivity index (χ1v) is 5.59. The summed E-state index contributed by atoms with van der Waals surface area (Å²) < 4.78 is 0. The van der Waals surface area contributed by atoms with Crippen LogP contribution in [0.3, 0.4) is 0 Å². The third-order valence-electron chi connectivity index (χ3n) is 2.92. The zero-order valence-electron chi connectivity index (χ0n) is 9.48. The van der Waals surface area contributed by atoms with Crippen molar-refractivity contribution in [1.82, 2.24) is 4.98 Å². The van der Waals surface area contributed by atoms with E-state index in [1.165, 1.54) is 12.8 Å². The van der Waals surface area contributed by atoms with Crippen LogP contribution in [-0.4, -0.2) is 18.6 Å². The molecule has 0 aromatic carbocycles. The molecule has 0 bridgehead atoms. The van der Waals surface area contributed by atoms with E-state index in [1.807, 2.05) is 13.1 Å². The van der Waals surface area contributed by atoms with Crippen LogP contribution in [-0.2, 0) is 0 Å². The Morgan fingerprint density at radius 3 is 2.73 bits per heavy atom. The standard InChI is InChI=1S/C12H19N3/c1-9(13)11-5-6-12(14-7-11)15(2)8-10-3-4-10/h5-7,9-10H,3-4,8,13H2,1-2H3. The molecule has 1 aliphatic rings. The van der Waals surface area contributed by atoms with Crippen LogP contribution in [0.15, 0.2) is 18.3 Å². The maximum Gasteiger partial charge on any atom is 0.128 e. The number of hydrogen-bond acceptors (Lipinski definition) is 3. The highest BCUT2D eigenvalue weighted by molar-refractivity contribution is 5.39. The normalized spacial score (nSPS) is 17.5. The third-order valence-corrected chi connectivity index (χ3v) is 2.92. The molecule has 0 spiro atoms. The molecule has 1 fully saturated rings. The molecule has 1 unspecified atom stereocenters. The Kier molecular flexibility index (Phi) is 2.91. The molecule has 2 N–H and O–H groups in total. The van der Waals surface area contributed by atoms with Crippen LogP contribution < -0.4 is 10.6 Å². The number of hydrogen-bond donors (Lipinski definition) is 1. The fraction of sp³-hybridized carbons (Fsp3) is 0.583. The molecule has 15 heavy (non-hydrogen) atoms. The summed E-state index contributed by atoms with van der Waals surface area (Å²) in [5, 5.41) is 0. The van der Waals surface area contributed by atoms with Gasteiger partial charge in [-0.15, -0.1) is 0 Å². The van der Waals surface area contributed by atoms with Crippen molar-refractivity contribution < 1.29 is 0 Å². The van der Waals surface area contributed by atoms with Gasteiger partial charge in [-0.1, -0.05) is 6.07 Å². The summed E-state index contributed by atoms with van der Waals surface area (Å²) >= 11 is 0. The second-order valence-corrected chi connectivity index (χ2v) is 4.56. The van der Waals surface area contributed by atoms with Gasteiger partial charge >= 0.3 is 0 Å². The molecule has 0 saturated heterocycles. The van der Waals surface area contributed by atoms with Crippen LogP contribution in [0.5, 0.6) is 0 Å². The van der Waals surface area contributed by atoms with E-state index in [-0.39, 0.29) is 6.04 Å². The fourth-order valence-corrected chi connectivity index (χ4v) is 1.67. The Hall–Kier alpha value is -1.09. The third kappa shape index (κ3) is 2.69. The highest BCUT2D eigenvalue weighted by Crippen LogP contribution is 2.30. The maximum atomic E-state index is 5.78. The topological polar surface area (TPSA) is 42.1 Å². The molecule has 1 atom stereocenters. The van der Waals surface area contributed by atoms with Crippen molar-refractivity contribution in [2.45, 2.75) is 25.8 Å². The Balaban J connectivity index is 2.01. The second-order valence-electron chi connectivity index (χ2n) is 4.56. The van der Waals surface area contributed by atoms with Gasteiger partial charge in [-0.3, -0.25) is 0 Å². The second kappa shape index (κ2) is 4.19. The van der Waals surface area contributed by atoms with E-state index < -0.39 is 0 Å². The average Bonchev–Trinajstić information content (AvgIpc) is 3.02. The van der Waals surface area contributed by atoms with Crippen LogP contribution in [0.4, 0.5) is 5.82 Å². The average molecular weight is 205 g/mol. The first kappa shape index (κ1) is 10.4. The zero-order valence-corrected chi connectivity index (χ0v) is 9.48.